The molecule has 7 heteroatoms. The Kier molecular flexibility index (Phi) is 6.78. The third kappa shape index (κ3) is 5.33. The van der Waals surface area contributed by atoms with Gasteiger partial charge in [0.25, 0.3) is 5.69 Å². The van der Waals surface area contributed by atoms with E-state index in [4.69, 9.17) is 5.73 Å². The molecule has 0 aliphatic heterocycles. The van der Waals surface area contributed by atoms with Crippen molar-refractivity contribution < 1.29 is 9.72 Å². The van der Waals surface area contributed by atoms with E-state index in [0.29, 0.717) is 18.8 Å². The van der Waals surface area contributed by atoms with E-state index in [1.54, 1.807) is 18.2 Å². The van der Waals surface area contributed by atoms with E-state index < -0.39 is 4.92 Å². The number of carbonyl (C=O) groups excluding carboxylic acids is 1. The zero-order valence-corrected chi connectivity index (χ0v) is 13.1. The monoisotopic (exact) mass is 308 g/mol. The second kappa shape index (κ2) is 8.33. The first-order valence-corrected chi connectivity index (χ1v) is 7.44. The fraction of sp³-hybridized carbons (Fsp3) is 0.533. The van der Waals surface area contributed by atoms with Gasteiger partial charge in [-0.25, -0.2) is 0 Å². The predicted molar refractivity (Wildman–Crippen MR) is 86.7 cm³/mol. The molecule has 0 unspecified atom stereocenters. The molecule has 0 saturated heterocycles. The molecule has 1 aromatic rings. The molecule has 0 aromatic heterocycles. The highest BCUT2D eigenvalue weighted by Crippen LogP contribution is 2.22. The lowest BCUT2D eigenvalue weighted by Gasteiger charge is -2.26. The highest BCUT2D eigenvalue weighted by molar-refractivity contribution is 5.76. The van der Waals surface area contributed by atoms with Gasteiger partial charge in [-0.2, -0.15) is 0 Å². The van der Waals surface area contributed by atoms with Gasteiger partial charge in [-0.1, -0.05) is 26.0 Å². The minimum absolute atomic E-state index is 0.000786. The van der Waals surface area contributed by atoms with Gasteiger partial charge in [-0.3, -0.25) is 14.9 Å². The topological polar surface area (TPSA) is 110 Å². The lowest BCUT2D eigenvalue weighted by molar-refractivity contribution is -0.384. The molecule has 1 rings (SSSR count). The number of nitrogens with one attached hydrogen (secondary N) is 2. The van der Waals surface area contributed by atoms with Crippen LogP contribution in [0, 0.1) is 10.1 Å². The van der Waals surface area contributed by atoms with Crippen LogP contribution in [0.3, 0.4) is 0 Å². The minimum Gasteiger partial charge on any atom is -0.379 e. The molecule has 0 fully saturated rings. The van der Waals surface area contributed by atoms with E-state index in [9.17, 15) is 14.9 Å². The molecule has 0 radical (unpaired) electrons. The molecule has 0 spiro atoms. The van der Waals surface area contributed by atoms with E-state index in [0.717, 1.165) is 12.8 Å². The lowest BCUT2D eigenvalue weighted by atomic mass is 9.94. The molecule has 0 aliphatic rings. The second-order valence-electron chi connectivity index (χ2n) is 5.30. The van der Waals surface area contributed by atoms with E-state index >= 15 is 0 Å². The van der Waals surface area contributed by atoms with Crippen LogP contribution < -0.4 is 16.4 Å². The number of anilines is 1. The number of carbonyl (C=O) groups is 1. The highest BCUT2D eigenvalue weighted by atomic mass is 16.6. The van der Waals surface area contributed by atoms with Gasteiger partial charge in [-0.05, 0) is 18.9 Å². The van der Waals surface area contributed by atoms with Gasteiger partial charge in [0.05, 0.1) is 4.92 Å². The summed E-state index contributed by atoms with van der Waals surface area (Å²) in [5.41, 5.74) is 6.15. The number of nitrogens with two attached hydrogens (primary N) is 1. The van der Waals surface area contributed by atoms with Crippen molar-refractivity contribution in [3.05, 3.63) is 34.4 Å². The summed E-state index contributed by atoms with van der Waals surface area (Å²) >= 11 is 0. The molecular weight excluding hydrogens is 284 g/mol. The fourth-order valence-electron chi connectivity index (χ4n) is 1.96. The highest BCUT2D eigenvalue weighted by Gasteiger charge is 2.20. The smallest absolute Gasteiger partial charge is 0.292 e. The van der Waals surface area contributed by atoms with E-state index in [1.165, 1.54) is 6.07 Å². The molecule has 0 bridgehead atoms. The van der Waals surface area contributed by atoms with Crippen LogP contribution in [-0.2, 0) is 4.79 Å². The number of nitrogens with zero attached hydrogens (tertiary/aromatic N) is 1. The maximum Gasteiger partial charge on any atom is 0.292 e. The van der Waals surface area contributed by atoms with Crippen molar-refractivity contribution in [1.82, 2.24) is 5.32 Å². The molecule has 22 heavy (non-hydrogen) atoms. The number of nitro groups is 1. The first kappa shape index (κ1) is 17.9. The third-order valence-electron chi connectivity index (χ3n) is 3.81. The van der Waals surface area contributed by atoms with Crippen molar-refractivity contribution in [2.45, 2.75) is 38.6 Å². The number of hydrogen-bond acceptors (Lipinski definition) is 5. The van der Waals surface area contributed by atoms with Crippen molar-refractivity contribution in [1.29, 1.82) is 0 Å². The normalized spacial score (nSPS) is 11.0. The molecule has 122 valence electrons. The summed E-state index contributed by atoms with van der Waals surface area (Å²) in [6, 6.07) is 6.36. The van der Waals surface area contributed by atoms with Gasteiger partial charge >= 0.3 is 0 Å². The Balaban J connectivity index is 2.42. The molecule has 0 heterocycles. The summed E-state index contributed by atoms with van der Waals surface area (Å²) in [7, 11) is 0. The zero-order chi connectivity index (χ0) is 16.6. The van der Waals surface area contributed by atoms with Gasteiger partial charge in [0.2, 0.25) is 5.91 Å². The molecular formula is C15H24N4O3. The standard InChI is InChI=1S/C15H24N4O3/c1-3-15(16,4-2)11-18-14(20)9-10-17-12-7-5-6-8-13(12)19(21)22/h5-8,17H,3-4,9-11,16H2,1-2H3,(H,18,20). The van der Waals surface area contributed by atoms with E-state index in [-0.39, 0.29) is 23.6 Å². The number of benzene rings is 1. The van der Waals surface area contributed by atoms with E-state index in [2.05, 4.69) is 10.6 Å². The SMILES string of the molecule is CCC(N)(CC)CNC(=O)CCNc1ccccc1[N+](=O)[O-]. The van der Waals surface area contributed by atoms with Crippen molar-refractivity contribution in [3.8, 4) is 0 Å². The Bertz CT molecular complexity index is 515. The quantitative estimate of drug-likeness (QED) is 0.477. The summed E-state index contributed by atoms with van der Waals surface area (Å²) in [6.45, 7) is 4.74. The molecule has 1 aromatic carbocycles. The van der Waals surface area contributed by atoms with Crippen molar-refractivity contribution in [2.75, 3.05) is 18.4 Å². The summed E-state index contributed by atoms with van der Waals surface area (Å²) in [6.07, 6.45) is 1.81. The molecule has 0 saturated carbocycles. The van der Waals surface area contributed by atoms with Gasteiger partial charge in [0, 0.05) is 31.1 Å². The van der Waals surface area contributed by atoms with Crippen molar-refractivity contribution in [2.24, 2.45) is 5.73 Å². The van der Waals surface area contributed by atoms with Gasteiger partial charge in [0.15, 0.2) is 0 Å². The van der Waals surface area contributed by atoms with Crippen LogP contribution in [0.2, 0.25) is 0 Å². The van der Waals surface area contributed by atoms with Gasteiger partial charge in [0.1, 0.15) is 5.69 Å². The van der Waals surface area contributed by atoms with Crippen LogP contribution in [0.5, 0.6) is 0 Å². The van der Waals surface area contributed by atoms with Gasteiger partial charge in [-0.15, -0.1) is 0 Å². The van der Waals surface area contributed by atoms with Crippen LogP contribution in [0.25, 0.3) is 0 Å². The Morgan fingerprint density at radius 3 is 2.55 bits per heavy atom. The Labute approximate surface area is 130 Å². The minimum atomic E-state index is -0.451. The molecule has 1 amide bonds. The van der Waals surface area contributed by atoms with Crippen LogP contribution in [-0.4, -0.2) is 29.5 Å². The fourth-order valence-corrected chi connectivity index (χ4v) is 1.96. The largest absolute Gasteiger partial charge is 0.379 e. The Hall–Kier alpha value is -2.15. The molecule has 7 nitrogen and oxygen atoms in total. The maximum atomic E-state index is 11.8. The average molecular weight is 308 g/mol. The molecule has 4 N–H and O–H groups in total. The average Bonchev–Trinajstić information content (AvgIpc) is 2.53. The third-order valence-corrected chi connectivity index (χ3v) is 3.81. The number of amides is 1. The summed E-state index contributed by atoms with van der Waals surface area (Å²) in [4.78, 5) is 22.2. The summed E-state index contributed by atoms with van der Waals surface area (Å²) in [5.74, 6) is -0.122. The number of para-hydroxylation sites is 2. The van der Waals surface area contributed by atoms with Crippen LogP contribution >= 0.6 is 0 Å². The number of hydrogen-bond donors (Lipinski definition) is 3. The van der Waals surface area contributed by atoms with Gasteiger partial charge < -0.3 is 16.4 Å². The van der Waals surface area contributed by atoms with Crippen molar-refractivity contribution in [3.63, 3.8) is 0 Å². The molecule has 0 aliphatic carbocycles. The zero-order valence-electron chi connectivity index (χ0n) is 13.1. The second-order valence-corrected chi connectivity index (χ2v) is 5.30. The first-order valence-electron chi connectivity index (χ1n) is 7.44. The van der Waals surface area contributed by atoms with Crippen molar-refractivity contribution >= 4 is 17.3 Å². The first-order chi connectivity index (χ1) is 10.4. The Morgan fingerprint density at radius 2 is 1.95 bits per heavy atom. The van der Waals surface area contributed by atoms with Crippen LogP contribution in [0.1, 0.15) is 33.1 Å². The number of rotatable bonds is 9. The molecule has 0 atom stereocenters. The predicted octanol–water partition coefficient (Wildman–Crippen LogP) is 2.03. The summed E-state index contributed by atoms with van der Waals surface area (Å²) < 4.78 is 0. The Morgan fingerprint density at radius 1 is 1.32 bits per heavy atom. The van der Waals surface area contributed by atoms with E-state index in [1.807, 2.05) is 13.8 Å². The van der Waals surface area contributed by atoms with Crippen LogP contribution in [0.4, 0.5) is 11.4 Å². The van der Waals surface area contributed by atoms with Crippen LogP contribution in [0.15, 0.2) is 24.3 Å². The lowest BCUT2D eigenvalue weighted by Crippen LogP contribution is -2.49. The number of nitro benzene ring substituents is 1. The maximum absolute atomic E-state index is 11.8. The summed E-state index contributed by atoms with van der Waals surface area (Å²) in [5, 5.41) is 16.6.